The van der Waals surface area contributed by atoms with Crippen LogP contribution in [0.4, 0.5) is 0 Å². The standard InChI is InChI=1S/C13H26O10/c1-6-7-8-19-21-11(12(14)15)10(20-16-3)9-13(2,22-17-4)23-18-5/h10-11H,6-9H2,1-5H3,(H,14,15). The molecule has 0 aliphatic heterocycles. The van der Waals surface area contributed by atoms with Gasteiger partial charge in [0.05, 0.1) is 27.9 Å². The minimum Gasteiger partial charge on any atom is -0.479 e. The van der Waals surface area contributed by atoms with Gasteiger partial charge in [0.15, 0.2) is 0 Å². The fourth-order valence-corrected chi connectivity index (χ4v) is 1.70. The van der Waals surface area contributed by atoms with Gasteiger partial charge in [0.1, 0.15) is 6.10 Å². The number of hydrogen-bond acceptors (Lipinski definition) is 9. The van der Waals surface area contributed by atoms with Gasteiger partial charge in [0.25, 0.3) is 0 Å². The van der Waals surface area contributed by atoms with Crippen LogP contribution in [0.25, 0.3) is 0 Å². The average molecular weight is 342 g/mol. The van der Waals surface area contributed by atoms with E-state index >= 15 is 0 Å². The van der Waals surface area contributed by atoms with E-state index in [2.05, 4.69) is 14.7 Å². The first kappa shape index (κ1) is 22.1. The van der Waals surface area contributed by atoms with Gasteiger partial charge in [-0.25, -0.2) is 34.1 Å². The predicted molar refractivity (Wildman–Crippen MR) is 74.5 cm³/mol. The molecule has 0 heterocycles. The number of rotatable bonds is 15. The molecule has 0 radical (unpaired) electrons. The van der Waals surface area contributed by atoms with Crippen molar-refractivity contribution in [2.75, 3.05) is 27.9 Å². The molecule has 0 saturated heterocycles. The average Bonchev–Trinajstić information content (AvgIpc) is 2.47. The van der Waals surface area contributed by atoms with Crippen LogP contribution in [0.2, 0.25) is 0 Å². The van der Waals surface area contributed by atoms with Crippen molar-refractivity contribution in [2.45, 2.75) is 51.1 Å². The minimum absolute atomic E-state index is 0.156. The maximum atomic E-state index is 11.4. The molecule has 2 unspecified atom stereocenters. The molecule has 0 bridgehead atoms. The van der Waals surface area contributed by atoms with E-state index in [1.54, 1.807) is 0 Å². The number of aliphatic carboxylic acids is 1. The number of carbonyl (C=O) groups is 1. The van der Waals surface area contributed by atoms with Gasteiger partial charge in [-0.05, 0) is 13.3 Å². The van der Waals surface area contributed by atoms with Crippen LogP contribution in [0, 0.1) is 0 Å². The van der Waals surface area contributed by atoms with Crippen molar-refractivity contribution in [1.82, 2.24) is 0 Å². The largest absolute Gasteiger partial charge is 0.479 e. The van der Waals surface area contributed by atoms with Crippen molar-refractivity contribution in [1.29, 1.82) is 0 Å². The highest BCUT2D eigenvalue weighted by Gasteiger charge is 2.41. The highest BCUT2D eigenvalue weighted by molar-refractivity contribution is 5.73. The fourth-order valence-electron chi connectivity index (χ4n) is 1.70. The molecule has 10 heteroatoms. The number of carboxylic acid groups (broad SMARTS) is 1. The van der Waals surface area contributed by atoms with Crippen LogP contribution in [0.5, 0.6) is 0 Å². The summed E-state index contributed by atoms with van der Waals surface area (Å²) in [5.74, 6) is -2.77. The molecule has 0 aromatic heterocycles. The molecule has 0 spiro atoms. The Labute approximate surface area is 135 Å². The second-order valence-electron chi connectivity index (χ2n) is 4.67. The predicted octanol–water partition coefficient (Wildman–Crippen LogP) is 1.40. The quantitative estimate of drug-likeness (QED) is 0.203. The van der Waals surface area contributed by atoms with Crippen LogP contribution in [-0.4, -0.2) is 57.0 Å². The summed E-state index contributed by atoms with van der Waals surface area (Å²) in [6.45, 7) is 3.67. The Balaban J connectivity index is 4.93. The third-order valence-corrected chi connectivity index (χ3v) is 2.65. The van der Waals surface area contributed by atoms with Gasteiger partial charge in [-0.15, -0.1) is 0 Å². The van der Waals surface area contributed by atoms with Crippen LogP contribution in [0.1, 0.15) is 33.1 Å². The van der Waals surface area contributed by atoms with E-state index in [1.807, 2.05) is 6.92 Å². The zero-order valence-corrected chi connectivity index (χ0v) is 14.1. The highest BCUT2D eigenvalue weighted by Crippen LogP contribution is 2.24. The lowest BCUT2D eigenvalue weighted by Crippen LogP contribution is -2.45. The van der Waals surface area contributed by atoms with Crippen molar-refractivity contribution >= 4 is 5.97 Å². The summed E-state index contributed by atoms with van der Waals surface area (Å²) >= 11 is 0. The summed E-state index contributed by atoms with van der Waals surface area (Å²) < 4.78 is 0. The van der Waals surface area contributed by atoms with E-state index in [9.17, 15) is 9.90 Å². The first-order valence-electron chi connectivity index (χ1n) is 7.08. The molecule has 23 heavy (non-hydrogen) atoms. The molecule has 10 nitrogen and oxygen atoms in total. The Morgan fingerprint density at radius 2 is 1.70 bits per heavy atom. The third-order valence-electron chi connectivity index (χ3n) is 2.65. The maximum Gasteiger partial charge on any atom is 0.339 e. The zero-order chi connectivity index (χ0) is 17.7. The number of hydrogen-bond donors (Lipinski definition) is 1. The van der Waals surface area contributed by atoms with Crippen molar-refractivity contribution in [3.05, 3.63) is 0 Å². The SMILES string of the molecule is CCCCOOC(C(=O)O)C(CC(C)(OOC)OOC)OOC. The second kappa shape index (κ2) is 12.6. The topological polar surface area (TPSA) is 111 Å². The molecule has 0 aromatic rings. The van der Waals surface area contributed by atoms with Gasteiger partial charge >= 0.3 is 5.97 Å². The Kier molecular flexibility index (Phi) is 12.1. The molecule has 138 valence electrons. The van der Waals surface area contributed by atoms with E-state index in [1.165, 1.54) is 28.3 Å². The lowest BCUT2D eigenvalue weighted by atomic mass is 10.1. The lowest BCUT2D eigenvalue weighted by molar-refractivity contribution is -0.504. The van der Waals surface area contributed by atoms with Gasteiger partial charge < -0.3 is 5.11 Å². The van der Waals surface area contributed by atoms with Crippen LogP contribution < -0.4 is 0 Å². The van der Waals surface area contributed by atoms with E-state index in [0.29, 0.717) is 0 Å². The Bertz CT molecular complexity index is 305. The molecule has 1 N–H and O–H groups in total. The van der Waals surface area contributed by atoms with Crippen molar-refractivity contribution < 1.29 is 49.0 Å². The van der Waals surface area contributed by atoms with Crippen molar-refractivity contribution in [2.24, 2.45) is 0 Å². The van der Waals surface area contributed by atoms with Gasteiger partial charge in [0, 0.05) is 6.42 Å². The van der Waals surface area contributed by atoms with Crippen molar-refractivity contribution in [3.8, 4) is 0 Å². The minimum atomic E-state index is -1.48. The van der Waals surface area contributed by atoms with E-state index in [0.717, 1.165) is 12.8 Å². The van der Waals surface area contributed by atoms with E-state index in [4.69, 9.17) is 24.4 Å². The maximum absolute atomic E-state index is 11.4. The van der Waals surface area contributed by atoms with Crippen LogP contribution in [0.15, 0.2) is 0 Å². The molecule has 0 aromatic carbocycles. The summed E-state index contributed by atoms with van der Waals surface area (Å²) in [5, 5.41) is 9.30. The van der Waals surface area contributed by atoms with Crippen LogP contribution in [-0.2, 0) is 43.9 Å². The van der Waals surface area contributed by atoms with Gasteiger partial charge in [0.2, 0.25) is 11.9 Å². The summed E-state index contributed by atoms with van der Waals surface area (Å²) in [5.41, 5.74) is 0. The second-order valence-corrected chi connectivity index (χ2v) is 4.67. The number of unbranched alkanes of at least 4 members (excludes halogenated alkanes) is 1. The molecular formula is C13H26O10. The Morgan fingerprint density at radius 1 is 1.09 bits per heavy atom. The summed E-state index contributed by atoms with van der Waals surface area (Å²) in [6.07, 6.45) is -1.17. The molecule has 0 aliphatic carbocycles. The third kappa shape index (κ3) is 9.13. The molecule has 0 saturated carbocycles. The fraction of sp³-hybridized carbons (Fsp3) is 0.923. The Hall–Kier alpha value is -0.850. The first-order chi connectivity index (χ1) is 10.9. The molecule has 2 atom stereocenters. The summed E-state index contributed by atoms with van der Waals surface area (Å²) in [6, 6.07) is 0. The van der Waals surface area contributed by atoms with Crippen molar-refractivity contribution in [3.63, 3.8) is 0 Å². The smallest absolute Gasteiger partial charge is 0.339 e. The van der Waals surface area contributed by atoms with Gasteiger partial charge in [-0.3, -0.25) is 0 Å². The van der Waals surface area contributed by atoms with Crippen LogP contribution in [0.3, 0.4) is 0 Å². The lowest BCUT2D eigenvalue weighted by Gasteiger charge is -2.30. The van der Waals surface area contributed by atoms with Gasteiger partial charge in [-0.2, -0.15) is 9.78 Å². The first-order valence-corrected chi connectivity index (χ1v) is 7.08. The molecule has 0 aliphatic rings. The number of carboxylic acids is 1. The normalized spacial score (nSPS) is 14.7. The van der Waals surface area contributed by atoms with E-state index in [-0.39, 0.29) is 13.0 Å². The highest BCUT2D eigenvalue weighted by atomic mass is 17.3. The molecule has 0 rings (SSSR count). The summed E-state index contributed by atoms with van der Waals surface area (Å²) in [7, 11) is 3.76. The molecular weight excluding hydrogens is 316 g/mol. The molecule has 0 amide bonds. The molecule has 0 fully saturated rings. The zero-order valence-electron chi connectivity index (χ0n) is 14.1. The Morgan fingerprint density at radius 3 is 2.13 bits per heavy atom. The summed E-state index contributed by atoms with van der Waals surface area (Å²) in [4.78, 5) is 49.8. The van der Waals surface area contributed by atoms with Gasteiger partial charge in [-0.1, -0.05) is 13.3 Å². The van der Waals surface area contributed by atoms with Crippen LogP contribution >= 0.6 is 0 Å². The van der Waals surface area contributed by atoms with E-state index < -0.39 is 24.0 Å². The monoisotopic (exact) mass is 342 g/mol.